The van der Waals surface area contributed by atoms with Crippen molar-refractivity contribution in [1.29, 1.82) is 0 Å². The first-order chi connectivity index (χ1) is 11.5. The Morgan fingerprint density at radius 3 is 2.42 bits per heavy atom. The Kier molecular flexibility index (Phi) is 5.89. The summed E-state index contributed by atoms with van der Waals surface area (Å²) in [4.78, 5) is 27.0. The number of carbonyl (C=O) groups is 2. The van der Waals surface area contributed by atoms with Gasteiger partial charge in [-0.1, -0.05) is 19.1 Å². The van der Waals surface area contributed by atoms with Crippen LogP contribution in [0.15, 0.2) is 36.4 Å². The highest BCUT2D eigenvalue weighted by Crippen LogP contribution is 2.14. The maximum atomic E-state index is 11.6. The Morgan fingerprint density at radius 1 is 1.12 bits per heavy atom. The van der Waals surface area contributed by atoms with Crippen LogP contribution in [-0.2, 0) is 17.7 Å². The summed E-state index contributed by atoms with van der Waals surface area (Å²) in [5.41, 5.74) is 2.26. The number of nitrogens with zero attached hydrogens (tertiary/aromatic N) is 1. The van der Waals surface area contributed by atoms with Gasteiger partial charge in [0.1, 0.15) is 5.82 Å². The van der Waals surface area contributed by atoms with Gasteiger partial charge in [-0.2, -0.15) is 0 Å². The van der Waals surface area contributed by atoms with Crippen molar-refractivity contribution in [2.24, 2.45) is 0 Å². The van der Waals surface area contributed by atoms with Crippen LogP contribution in [0.3, 0.4) is 0 Å². The molecule has 6 heteroatoms. The molecule has 2 N–H and O–H groups in total. The van der Waals surface area contributed by atoms with Crippen molar-refractivity contribution in [3.8, 4) is 0 Å². The molecule has 6 nitrogen and oxygen atoms in total. The standard InChI is InChI=1S/C18H20N2O4/c1-3-15-14(17(21)22)9-10-16(20-15)19-11-12-5-7-13(8-6-12)18(23)24-4-2/h5-10H,3-4,11H2,1-2H3,(H,19,20)(H,21,22). The summed E-state index contributed by atoms with van der Waals surface area (Å²) < 4.78 is 4.94. The SMILES string of the molecule is CCOC(=O)c1ccc(CNc2ccc(C(=O)O)c(CC)n2)cc1. The van der Waals surface area contributed by atoms with E-state index in [1.54, 1.807) is 31.2 Å². The molecule has 2 rings (SSSR count). The predicted octanol–water partition coefficient (Wildman–Crippen LogP) is 3.13. The van der Waals surface area contributed by atoms with Crippen LogP contribution in [0, 0.1) is 0 Å². The van der Waals surface area contributed by atoms with Gasteiger partial charge in [-0.05, 0) is 43.2 Å². The Morgan fingerprint density at radius 2 is 1.83 bits per heavy atom. The van der Waals surface area contributed by atoms with Gasteiger partial charge in [0.15, 0.2) is 0 Å². The first-order valence-corrected chi connectivity index (χ1v) is 7.78. The number of carbonyl (C=O) groups excluding carboxylic acids is 1. The van der Waals surface area contributed by atoms with Crippen LogP contribution in [0.4, 0.5) is 5.82 Å². The highest BCUT2D eigenvalue weighted by Gasteiger charge is 2.11. The fourth-order valence-electron chi connectivity index (χ4n) is 2.23. The number of aromatic nitrogens is 1. The average molecular weight is 328 g/mol. The van der Waals surface area contributed by atoms with E-state index in [0.29, 0.717) is 36.6 Å². The molecule has 1 aromatic heterocycles. The lowest BCUT2D eigenvalue weighted by Crippen LogP contribution is -2.08. The lowest BCUT2D eigenvalue weighted by atomic mass is 10.1. The summed E-state index contributed by atoms with van der Waals surface area (Å²) in [6.07, 6.45) is 0.547. The van der Waals surface area contributed by atoms with E-state index in [1.807, 2.05) is 19.1 Å². The smallest absolute Gasteiger partial charge is 0.338 e. The minimum Gasteiger partial charge on any atom is -0.478 e. The van der Waals surface area contributed by atoms with Crippen molar-refractivity contribution in [3.05, 3.63) is 58.8 Å². The zero-order chi connectivity index (χ0) is 17.5. The quantitative estimate of drug-likeness (QED) is 0.759. The molecule has 0 aliphatic rings. The van der Waals surface area contributed by atoms with Crippen LogP contribution in [0.1, 0.15) is 45.8 Å². The molecule has 0 fully saturated rings. The second-order valence-electron chi connectivity index (χ2n) is 5.12. The number of esters is 1. The molecule has 24 heavy (non-hydrogen) atoms. The molecule has 0 spiro atoms. The Balaban J connectivity index is 2.03. The third-order valence-corrected chi connectivity index (χ3v) is 3.48. The molecule has 2 aromatic rings. The van der Waals surface area contributed by atoms with Crippen molar-refractivity contribution in [2.75, 3.05) is 11.9 Å². The van der Waals surface area contributed by atoms with E-state index in [9.17, 15) is 9.59 Å². The number of hydrogen-bond acceptors (Lipinski definition) is 5. The molecule has 0 saturated carbocycles. The Hall–Kier alpha value is -2.89. The highest BCUT2D eigenvalue weighted by atomic mass is 16.5. The van der Waals surface area contributed by atoms with Gasteiger partial charge < -0.3 is 15.2 Å². The number of pyridine rings is 1. The van der Waals surface area contributed by atoms with E-state index < -0.39 is 5.97 Å². The third kappa shape index (κ3) is 4.32. The number of benzene rings is 1. The molecular weight excluding hydrogens is 308 g/mol. The number of aryl methyl sites for hydroxylation is 1. The number of nitrogens with one attached hydrogen (secondary N) is 1. The van der Waals surface area contributed by atoms with Crippen LogP contribution >= 0.6 is 0 Å². The van der Waals surface area contributed by atoms with Gasteiger partial charge in [0, 0.05) is 6.54 Å². The maximum Gasteiger partial charge on any atom is 0.338 e. The lowest BCUT2D eigenvalue weighted by Gasteiger charge is -2.09. The van der Waals surface area contributed by atoms with Gasteiger partial charge in [0.2, 0.25) is 0 Å². The molecule has 1 heterocycles. The third-order valence-electron chi connectivity index (χ3n) is 3.48. The normalized spacial score (nSPS) is 10.2. The zero-order valence-corrected chi connectivity index (χ0v) is 13.7. The van der Waals surface area contributed by atoms with E-state index in [4.69, 9.17) is 9.84 Å². The number of aromatic carboxylic acids is 1. The molecule has 0 saturated heterocycles. The van der Waals surface area contributed by atoms with Crippen LogP contribution in [0.25, 0.3) is 0 Å². The minimum atomic E-state index is -0.972. The van der Waals surface area contributed by atoms with Crippen molar-refractivity contribution in [1.82, 2.24) is 4.98 Å². The fourth-order valence-corrected chi connectivity index (χ4v) is 2.23. The Bertz CT molecular complexity index is 726. The lowest BCUT2D eigenvalue weighted by molar-refractivity contribution is 0.0525. The summed E-state index contributed by atoms with van der Waals surface area (Å²) in [5, 5.41) is 12.3. The molecule has 1 aromatic carbocycles. The second-order valence-corrected chi connectivity index (χ2v) is 5.12. The average Bonchev–Trinajstić information content (AvgIpc) is 2.60. The molecule has 0 amide bonds. The fraction of sp³-hybridized carbons (Fsp3) is 0.278. The maximum absolute atomic E-state index is 11.6. The Labute approximate surface area is 140 Å². The van der Waals surface area contributed by atoms with Gasteiger partial charge in [-0.3, -0.25) is 0 Å². The first-order valence-electron chi connectivity index (χ1n) is 7.78. The predicted molar refractivity (Wildman–Crippen MR) is 90.3 cm³/mol. The number of anilines is 1. The van der Waals surface area contributed by atoms with Crippen LogP contribution in [0.5, 0.6) is 0 Å². The summed E-state index contributed by atoms with van der Waals surface area (Å²) in [6, 6.07) is 10.3. The largest absolute Gasteiger partial charge is 0.478 e. The van der Waals surface area contributed by atoms with E-state index >= 15 is 0 Å². The zero-order valence-electron chi connectivity index (χ0n) is 13.7. The van der Waals surface area contributed by atoms with Crippen LogP contribution < -0.4 is 5.32 Å². The monoisotopic (exact) mass is 328 g/mol. The number of carboxylic acids is 1. The first kappa shape index (κ1) is 17.5. The van der Waals surface area contributed by atoms with Gasteiger partial charge in [0.25, 0.3) is 0 Å². The molecule has 126 valence electrons. The van der Waals surface area contributed by atoms with Crippen molar-refractivity contribution in [2.45, 2.75) is 26.8 Å². The van der Waals surface area contributed by atoms with Gasteiger partial charge in [-0.25, -0.2) is 14.6 Å². The van der Waals surface area contributed by atoms with Gasteiger partial charge in [-0.15, -0.1) is 0 Å². The molecule has 0 bridgehead atoms. The van der Waals surface area contributed by atoms with Crippen LogP contribution in [-0.4, -0.2) is 28.6 Å². The van der Waals surface area contributed by atoms with Gasteiger partial charge in [0.05, 0.1) is 23.4 Å². The van der Waals surface area contributed by atoms with E-state index in [0.717, 1.165) is 5.56 Å². The van der Waals surface area contributed by atoms with Gasteiger partial charge >= 0.3 is 11.9 Å². The summed E-state index contributed by atoms with van der Waals surface area (Å²) >= 11 is 0. The summed E-state index contributed by atoms with van der Waals surface area (Å²) in [5.74, 6) is -0.692. The van der Waals surface area contributed by atoms with E-state index in [-0.39, 0.29) is 11.5 Å². The topological polar surface area (TPSA) is 88.5 Å². The highest BCUT2D eigenvalue weighted by molar-refractivity contribution is 5.89. The number of ether oxygens (including phenoxy) is 1. The van der Waals surface area contributed by atoms with Crippen LogP contribution in [0.2, 0.25) is 0 Å². The van der Waals surface area contributed by atoms with E-state index in [1.165, 1.54) is 0 Å². The molecule has 0 atom stereocenters. The number of hydrogen-bond donors (Lipinski definition) is 2. The minimum absolute atomic E-state index is 0.224. The summed E-state index contributed by atoms with van der Waals surface area (Å²) in [6.45, 7) is 4.50. The van der Waals surface area contributed by atoms with Crippen molar-refractivity contribution in [3.63, 3.8) is 0 Å². The number of carboxylic acid groups (broad SMARTS) is 1. The molecule has 0 aliphatic carbocycles. The molecule has 0 aliphatic heterocycles. The molecule has 0 radical (unpaired) electrons. The van der Waals surface area contributed by atoms with Crippen molar-refractivity contribution < 1.29 is 19.4 Å². The van der Waals surface area contributed by atoms with Crippen molar-refractivity contribution >= 4 is 17.8 Å². The summed E-state index contributed by atoms with van der Waals surface area (Å²) in [7, 11) is 0. The molecule has 0 unspecified atom stereocenters. The van der Waals surface area contributed by atoms with E-state index in [2.05, 4.69) is 10.3 Å². The number of rotatable bonds is 7. The second kappa shape index (κ2) is 8.10. The molecular formula is C18H20N2O4.